The predicted octanol–water partition coefficient (Wildman–Crippen LogP) is 2.50. The number of aromatic nitrogens is 1. The van der Waals surface area contributed by atoms with Crippen LogP contribution in [0.2, 0.25) is 0 Å². The number of halogens is 3. The van der Waals surface area contributed by atoms with Crippen LogP contribution in [0.15, 0.2) is 12.3 Å². The average molecular weight is 282 g/mol. The van der Waals surface area contributed by atoms with E-state index in [9.17, 15) is 18.0 Å². The third-order valence-corrected chi connectivity index (χ3v) is 2.75. The Hall–Kier alpha value is -1.31. The summed E-state index contributed by atoms with van der Waals surface area (Å²) in [7, 11) is 0. The first-order valence-electron chi connectivity index (χ1n) is 5.17. The van der Waals surface area contributed by atoms with Gasteiger partial charge in [-0.2, -0.15) is 13.2 Å². The summed E-state index contributed by atoms with van der Waals surface area (Å²) in [6, 6.07) is 1.43. The van der Waals surface area contributed by atoms with Crippen molar-refractivity contribution in [2.75, 3.05) is 18.1 Å². The topological polar surface area (TPSA) is 57.2 Å². The molecule has 0 fully saturated rings. The Balaban J connectivity index is 2.45. The molecule has 0 aliphatic carbocycles. The third kappa shape index (κ3) is 4.52. The van der Waals surface area contributed by atoms with Gasteiger partial charge >= 0.3 is 11.5 Å². The highest BCUT2D eigenvalue weighted by molar-refractivity contribution is 8.00. The summed E-state index contributed by atoms with van der Waals surface area (Å²) >= 11 is -0.223. The smallest absolute Gasteiger partial charge is 0.441 e. The molecule has 1 aromatic heterocycles. The molecule has 0 aliphatic heterocycles. The van der Waals surface area contributed by atoms with Crippen molar-refractivity contribution in [1.29, 1.82) is 0 Å². The minimum Gasteiger partial charge on any atom is -0.460 e. The molecule has 4 nitrogen and oxygen atoms in total. The minimum atomic E-state index is -4.31. The van der Waals surface area contributed by atoms with Gasteiger partial charge in [0.05, 0.1) is 5.69 Å². The molecule has 1 heterocycles. The lowest BCUT2D eigenvalue weighted by Gasteiger charge is -2.08. The van der Waals surface area contributed by atoms with Crippen molar-refractivity contribution in [3.8, 4) is 0 Å². The van der Waals surface area contributed by atoms with Crippen molar-refractivity contribution >= 4 is 23.4 Å². The molecule has 0 aliphatic rings. The zero-order valence-electron chi connectivity index (χ0n) is 9.66. The summed E-state index contributed by atoms with van der Waals surface area (Å²) in [6.45, 7) is 2.05. The Morgan fingerprint density at radius 3 is 2.78 bits per heavy atom. The van der Waals surface area contributed by atoms with Crippen molar-refractivity contribution in [2.24, 2.45) is 0 Å². The molecule has 18 heavy (non-hydrogen) atoms. The third-order valence-electron chi connectivity index (χ3n) is 2.05. The first-order chi connectivity index (χ1) is 8.33. The van der Waals surface area contributed by atoms with E-state index in [1.807, 2.05) is 6.92 Å². The number of nitrogen functional groups attached to an aromatic ring is 1. The minimum absolute atomic E-state index is 0.223. The largest absolute Gasteiger partial charge is 0.460 e. The highest BCUT2D eigenvalue weighted by atomic mass is 32.2. The van der Waals surface area contributed by atoms with Crippen LogP contribution < -0.4 is 5.73 Å². The summed E-state index contributed by atoms with van der Waals surface area (Å²) in [5.41, 5.74) is 1.87. The number of nitrogens with two attached hydrogens (primary N) is 1. The van der Waals surface area contributed by atoms with Crippen LogP contribution in [0.25, 0.3) is 0 Å². The molecule has 1 rings (SSSR count). The summed E-state index contributed by atoms with van der Waals surface area (Å²) in [6.07, 6.45) is 1.57. The van der Waals surface area contributed by atoms with Crippen LogP contribution in [0, 0.1) is 0 Å². The van der Waals surface area contributed by atoms with Gasteiger partial charge in [0.25, 0.3) is 0 Å². The normalized spacial score (nSPS) is 11.6. The number of thioether (sulfide) groups is 1. The van der Waals surface area contributed by atoms with E-state index in [-0.39, 0.29) is 29.8 Å². The zero-order valence-corrected chi connectivity index (χ0v) is 10.5. The SMILES string of the molecule is CCn1cc(N)cc1C(=O)OCCSC(F)(F)F. The van der Waals surface area contributed by atoms with Crippen molar-refractivity contribution in [2.45, 2.75) is 19.0 Å². The Morgan fingerprint density at radius 2 is 2.22 bits per heavy atom. The molecule has 0 saturated carbocycles. The number of hydrogen-bond donors (Lipinski definition) is 1. The second-order valence-electron chi connectivity index (χ2n) is 3.37. The molecule has 0 aromatic carbocycles. The Bertz CT molecular complexity index is 418. The van der Waals surface area contributed by atoms with Gasteiger partial charge in [-0.3, -0.25) is 0 Å². The summed E-state index contributed by atoms with van der Waals surface area (Å²) in [5, 5.41) is 0. The molecule has 0 unspecified atom stereocenters. The highest BCUT2D eigenvalue weighted by Gasteiger charge is 2.27. The lowest BCUT2D eigenvalue weighted by molar-refractivity contribution is -0.0331. The summed E-state index contributed by atoms with van der Waals surface area (Å²) < 4.78 is 41.8. The maximum atomic E-state index is 11.8. The van der Waals surface area contributed by atoms with Crippen LogP contribution in [-0.4, -0.2) is 28.4 Å². The van der Waals surface area contributed by atoms with Gasteiger partial charge in [0, 0.05) is 18.5 Å². The number of aryl methyl sites for hydroxylation is 1. The summed E-state index contributed by atoms with van der Waals surface area (Å²) in [5.74, 6) is -0.992. The van der Waals surface area contributed by atoms with Crippen LogP contribution in [0.5, 0.6) is 0 Å². The van der Waals surface area contributed by atoms with Crippen molar-refractivity contribution in [3.63, 3.8) is 0 Å². The maximum absolute atomic E-state index is 11.8. The lowest BCUT2D eigenvalue weighted by atomic mass is 10.4. The van der Waals surface area contributed by atoms with Crippen LogP contribution in [0.1, 0.15) is 17.4 Å². The Labute approximate surface area is 106 Å². The van der Waals surface area contributed by atoms with Gasteiger partial charge in [-0.15, -0.1) is 0 Å². The fraction of sp³-hybridized carbons (Fsp3) is 0.500. The Kier molecular flexibility index (Phi) is 4.94. The highest BCUT2D eigenvalue weighted by Crippen LogP contribution is 2.29. The maximum Gasteiger partial charge on any atom is 0.441 e. The molecular formula is C10H13F3N2O2S. The van der Waals surface area contributed by atoms with E-state index in [4.69, 9.17) is 10.5 Å². The predicted molar refractivity (Wildman–Crippen MR) is 63.3 cm³/mol. The van der Waals surface area contributed by atoms with Gasteiger partial charge in [-0.05, 0) is 24.8 Å². The standard InChI is InChI=1S/C10H13F3N2O2S/c1-2-15-6-7(14)5-8(15)9(16)17-3-4-18-10(11,12)13/h5-6H,2-4,14H2,1H3. The number of nitrogens with zero attached hydrogens (tertiary/aromatic N) is 1. The van der Waals surface area contributed by atoms with Gasteiger partial charge < -0.3 is 15.0 Å². The second-order valence-corrected chi connectivity index (χ2v) is 4.53. The van der Waals surface area contributed by atoms with Crippen molar-refractivity contribution in [1.82, 2.24) is 4.57 Å². The molecule has 2 N–H and O–H groups in total. The number of rotatable bonds is 5. The molecule has 0 bridgehead atoms. The first-order valence-corrected chi connectivity index (χ1v) is 6.15. The van der Waals surface area contributed by atoms with Crippen molar-refractivity contribution < 1.29 is 22.7 Å². The van der Waals surface area contributed by atoms with E-state index >= 15 is 0 Å². The fourth-order valence-electron chi connectivity index (χ4n) is 1.33. The number of ether oxygens (including phenoxy) is 1. The number of esters is 1. The van der Waals surface area contributed by atoms with Crippen LogP contribution in [0.3, 0.4) is 0 Å². The van der Waals surface area contributed by atoms with Gasteiger partial charge in [-0.25, -0.2) is 4.79 Å². The number of anilines is 1. The van der Waals surface area contributed by atoms with Crippen LogP contribution in [0.4, 0.5) is 18.9 Å². The fourth-order valence-corrected chi connectivity index (χ4v) is 1.73. The molecule has 0 atom stereocenters. The number of hydrogen-bond acceptors (Lipinski definition) is 4. The van der Waals surface area contributed by atoms with Gasteiger partial charge in [0.2, 0.25) is 0 Å². The molecule has 0 saturated heterocycles. The Morgan fingerprint density at radius 1 is 1.56 bits per heavy atom. The molecule has 1 aromatic rings. The first kappa shape index (κ1) is 14.7. The molecule has 102 valence electrons. The molecule has 0 amide bonds. The van der Waals surface area contributed by atoms with Crippen molar-refractivity contribution in [3.05, 3.63) is 18.0 Å². The van der Waals surface area contributed by atoms with Gasteiger partial charge in [0.1, 0.15) is 12.3 Å². The lowest BCUT2D eigenvalue weighted by Crippen LogP contribution is -2.14. The molecule has 0 spiro atoms. The van der Waals surface area contributed by atoms with E-state index in [0.717, 1.165) is 0 Å². The van der Waals surface area contributed by atoms with E-state index < -0.39 is 11.5 Å². The molecular weight excluding hydrogens is 269 g/mol. The quantitative estimate of drug-likeness (QED) is 0.666. The van der Waals surface area contributed by atoms with Crippen LogP contribution >= 0.6 is 11.8 Å². The van der Waals surface area contributed by atoms with E-state index in [2.05, 4.69) is 0 Å². The number of alkyl halides is 3. The van der Waals surface area contributed by atoms with Crippen LogP contribution in [-0.2, 0) is 11.3 Å². The molecule has 0 radical (unpaired) electrons. The van der Waals surface area contributed by atoms with E-state index in [1.165, 1.54) is 6.07 Å². The molecule has 8 heteroatoms. The average Bonchev–Trinajstić information content (AvgIpc) is 2.64. The van der Waals surface area contributed by atoms with Gasteiger partial charge in [-0.1, -0.05) is 0 Å². The number of carbonyl (C=O) groups excluding carboxylic acids is 1. The summed E-state index contributed by atoms with van der Waals surface area (Å²) in [4.78, 5) is 11.6. The van der Waals surface area contributed by atoms with E-state index in [0.29, 0.717) is 12.2 Å². The monoisotopic (exact) mass is 282 g/mol. The zero-order chi connectivity index (χ0) is 13.8. The van der Waals surface area contributed by atoms with Gasteiger partial charge in [0.15, 0.2) is 0 Å². The van der Waals surface area contributed by atoms with E-state index in [1.54, 1.807) is 10.8 Å². The second kappa shape index (κ2) is 6.03. The number of carbonyl (C=O) groups is 1.